The van der Waals surface area contributed by atoms with Crippen molar-refractivity contribution in [2.75, 3.05) is 25.0 Å². The molecule has 1 amide bonds. The molecule has 0 radical (unpaired) electrons. The molecule has 0 unspecified atom stereocenters. The van der Waals surface area contributed by atoms with Gasteiger partial charge < -0.3 is 25.1 Å². The number of piperidine rings is 1. The summed E-state index contributed by atoms with van der Waals surface area (Å²) in [6.07, 6.45) is 5.35. The predicted octanol–water partition coefficient (Wildman–Crippen LogP) is 4.14. The normalized spacial score (nSPS) is 18.6. The largest absolute Gasteiger partial charge is 0.467 e. The zero-order valence-corrected chi connectivity index (χ0v) is 22.8. The van der Waals surface area contributed by atoms with E-state index in [0.717, 1.165) is 55.4 Å². The number of aliphatic hydroxyl groups is 1. The molecule has 3 N–H and O–H groups in total. The minimum Gasteiger partial charge on any atom is -0.467 e. The van der Waals surface area contributed by atoms with Crippen LogP contribution in [0.25, 0.3) is 0 Å². The topological polar surface area (TPSA) is 104 Å². The number of nitrogens with zero attached hydrogens (tertiary/aromatic N) is 3. The Kier molecular flexibility index (Phi) is 10.3. The molecule has 0 aliphatic carbocycles. The van der Waals surface area contributed by atoms with E-state index >= 15 is 0 Å². The van der Waals surface area contributed by atoms with Gasteiger partial charge in [-0.05, 0) is 45.2 Å². The first-order valence-corrected chi connectivity index (χ1v) is 12.6. The Balaban J connectivity index is 0.000000247. The van der Waals surface area contributed by atoms with Crippen LogP contribution >= 0.6 is 0 Å². The maximum atomic E-state index is 11.1. The molecule has 196 valence electrons. The Bertz CT molecular complexity index is 901. The van der Waals surface area contributed by atoms with Crippen molar-refractivity contribution in [3.8, 4) is 0 Å². The third kappa shape index (κ3) is 9.26. The van der Waals surface area contributed by atoms with Gasteiger partial charge in [-0.15, -0.1) is 0 Å². The van der Waals surface area contributed by atoms with Crippen molar-refractivity contribution in [3.05, 3.63) is 41.7 Å². The predicted molar refractivity (Wildman–Crippen MR) is 140 cm³/mol. The monoisotopic (exact) mass is 487 g/mol. The zero-order chi connectivity index (χ0) is 26.2. The molecule has 1 fully saturated rings. The van der Waals surface area contributed by atoms with Crippen LogP contribution in [0.1, 0.15) is 72.0 Å². The number of amides is 1. The van der Waals surface area contributed by atoms with E-state index in [1.807, 2.05) is 44.0 Å². The van der Waals surface area contributed by atoms with Gasteiger partial charge >= 0.3 is 0 Å². The average molecular weight is 488 g/mol. The van der Waals surface area contributed by atoms with Crippen molar-refractivity contribution < 1.29 is 14.3 Å². The fourth-order valence-electron chi connectivity index (χ4n) is 3.98. The van der Waals surface area contributed by atoms with E-state index in [0.29, 0.717) is 12.5 Å². The lowest BCUT2D eigenvalue weighted by molar-refractivity contribution is -0.122. The number of furan rings is 1. The highest BCUT2D eigenvalue weighted by molar-refractivity contribution is 5.48. The molecule has 0 aromatic carbocycles. The highest BCUT2D eigenvalue weighted by Crippen LogP contribution is 2.26. The fourth-order valence-corrected chi connectivity index (χ4v) is 3.98. The molecule has 3 rings (SSSR count). The van der Waals surface area contributed by atoms with E-state index < -0.39 is 5.60 Å². The van der Waals surface area contributed by atoms with E-state index in [1.165, 1.54) is 0 Å². The van der Waals surface area contributed by atoms with Crippen LogP contribution in [0.4, 0.5) is 5.82 Å². The van der Waals surface area contributed by atoms with E-state index in [4.69, 9.17) is 4.42 Å². The highest BCUT2D eigenvalue weighted by atomic mass is 16.3. The molecular formula is C27H45N5O3. The van der Waals surface area contributed by atoms with Gasteiger partial charge in [-0.25, -0.2) is 9.97 Å². The Morgan fingerprint density at radius 1 is 1.29 bits per heavy atom. The van der Waals surface area contributed by atoms with Gasteiger partial charge in [0.25, 0.3) is 0 Å². The van der Waals surface area contributed by atoms with Crippen LogP contribution in [0, 0.1) is 18.8 Å². The van der Waals surface area contributed by atoms with E-state index in [9.17, 15) is 9.90 Å². The van der Waals surface area contributed by atoms with Crippen LogP contribution in [0.2, 0.25) is 0 Å². The molecule has 3 heterocycles. The van der Waals surface area contributed by atoms with E-state index in [1.54, 1.807) is 6.26 Å². The molecule has 35 heavy (non-hydrogen) atoms. The number of aryl methyl sites for hydroxylation is 1. The summed E-state index contributed by atoms with van der Waals surface area (Å²) in [5, 5.41) is 16.7. The van der Waals surface area contributed by atoms with Crippen LogP contribution < -0.4 is 10.6 Å². The molecule has 8 nitrogen and oxygen atoms in total. The van der Waals surface area contributed by atoms with Gasteiger partial charge in [0, 0.05) is 48.8 Å². The maximum Gasteiger partial charge on any atom is 0.210 e. The number of anilines is 1. The van der Waals surface area contributed by atoms with Crippen molar-refractivity contribution in [2.45, 2.75) is 85.4 Å². The molecule has 2 atom stereocenters. The highest BCUT2D eigenvalue weighted by Gasteiger charge is 2.34. The van der Waals surface area contributed by atoms with Gasteiger partial charge in [0.05, 0.1) is 18.4 Å². The first-order valence-electron chi connectivity index (χ1n) is 12.6. The summed E-state index contributed by atoms with van der Waals surface area (Å²) in [5.41, 5.74) is 0.307. The number of carbonyl (C=O) groups excluding carboxylic acids is 1. The standard InChI is InChI=1S/C14H19N3O.C13H26N2O2/c1-10-8-16-13(14(2,3)4)17-12(10)15-9-11-6-5-7-18-11;1-10(2)8-15(9-16)12-5-11(6-14-7-12)13(3,4)17/h5-8H,9H2,1-4H3,(H,15,16,17);9-12,14,17H,5-8H2,1-4H3/t;11-,12+/m.1/s1. The Morgan fingerprint density at radius 2 is 2.00 bits per heavy atom. The van der Waals surface area contributed by atoms with Gasteiger partial charge in [-0.3, -0.25) is 4.79 Å². The van der Waals surface area contributed by atoms with Gasteiger partial charge in [0.1, 0.15) is 17.4 Å². The van der Waals surface area contributed by atoms with Crippen molar-refractivity contribution in [3.63, 3.8) is 0 Å². The third-order valence-electron chi connectivity index (χ3n) is 6.16. The number of aromatic nitrogens is 2. The summed E-state index contributed by atoms with van der Waals surface area (Å²) in [4.78, 5) is 22.0. The third-order valence-corrected chi connectivity index (χ3v) is 6.16. The Hall–Kier alpha value is -2.45. The number of rotatable bonds is 8. The summed E-state index contributed by atoms with van der Waals surface area (Å²) in [7, 11) is 0. The Morgan fingerprint density at radius 3 is 2.54 bits per heavy atom. The first kappa shape index (κ1) is 28.8. The van der Waals surface area contributed by atoms with Crippen LogP contribution in [-0.2, 0) is 16.8 Å². The minimum atomic E-state index is -0.682. The SMILES string of the molecule is CC(C)CN(C=O)[C@@H]1CNC[C@H](C(C)(C)O)C1.Cc1cnc(C(C)(C)C)nc1NCc1ccco1. The molecule has 0 bridgehead atoms. The number of carbonyl (C=O) groups is 1. The van der Waals surface area contributed by atoms with Gasteiger partial charge in [-0.2, -0.15) is 0 Å². The van der Waals surface area contributed by atoms with Gasteiger partial charge in [-0.1, -0.05) is 34.6 Å². The van der Waals surface area contributed by atoms with Crippen molar-refractivity contribution in [2.24, 2.45) is 11.8 Å². The molecule has 2 aromatic heterocycles. The second kappa shape index (κ2) is 12.5. The first-order chi connectivity index (χ1) is 16.3. The van der Waals surface area contributed by atoms with Crippen molar-refractivity contribution in [1.29, 1.82) is 0 Å². The second-order valence-electron chi connectivity index (χ2n) is 11.5. The second-order valence-corrected chi connectivity index (χ2v) is 11.5. The minimum absolute atomic E-state index is 0.0468. The van der Waals surface area contributed by atoms with Crippen molar-refractivity contribution in [1.82, 2.24) is 20.2 Å². The molecule has 1 aliphatic heterocycles. The van der Waals surface area contributed by atoms with Gasteiger partial charge in [0.2, 0.25) is 6.41 Å². The lowest BCUT2D eigenvalue weighted by Gasteiger charge is -2.41. The summed E-state index contributed by atoms with van der Waals surface area (Å²) < 4.78 is 5.29. The number of hydrogen-bond acceptors (Lipinski definition) is 7. The molecule has 1 aliphatic rings. The lowest BCUT2D eigenvalue weighted by atomic mass is 9.82. The number of nitrogens with one attached hydrogen (secondary N) is 2. The fraction of sp³-hybridized carbons (Fsp3) is 0.667. The summed E-state index contributed by atoms with van der Waals surface area (Å²) >= 11 is 0. The molecule has 0 saturated carbocycles. The van der Waals surface area contributed by atoms with Crippen molar-refractivity contribution >= 4 is 12.2 Å². The average Bonchev–Trinajstić information content (AvgIpc) is 3.29. The molecule has 0 spiro atoms. The molecule has 1 saturated heterocycles. The van der Waals surface area contributed by atoms with Crippen LogP contribution in [0.3, 0.4) is 0 Å². The van der Waals surface area contributed by atoms with Crippen LogP contribution in [0.15, 0.2) is 29.0 Å². The molecule has 8 heteroatoms. The lowest BCUT2D eigenvalue weighted by Crippen LogP contribution is -2.53. The van der Waals surface area contributed by atoms with Gasteiger partial charge in [0.15, 0.2) is 0 Å². The number of hydrogen-bond donors (Lipinski definition) is 3. The zero-order valence-electron chi connectivity index (χ0n) is 22.8. The van der Waals surface area contributed by atoms with Crippen LogP contribution in [0.5, 0.6) is 0 Å². The molecule has 2 aromatic rings. The van der Waals surface area contributed by atoms with E-state index in [2.05, 4.69) is 55.2 Å². The van der Waals surface area contributed by atoms with E-state index in [-0.39, 0.29) is 17.4 Å². The maximum absolute atomic E-state index is 11.1. The quantitative estimate of drug-likeness (QED) is 0.481. The summed E-state index contributed by atoms with van der Waals surface area (Å²) in [5.74, 6) is 3.28. The smallest absolute Gasteiger partial charge is 0.210 e. The summed E-state index contributed by atoms with van der Waals surface area (Å²) in [6, 6.07) is 4.03. The Labute approximate surface area is 210 Å². The van der Waals surface area contributed by atoms with Crippen LogP contribution in [-0.4, -0.2) is 57.7 Å². The summed E-state index contributed by atoms with van der Waals surface area (Å²) in [6.45, 7) is 19.3. The molecular weight excluding hydrogens is 442 g/mol.